The van der Waals surface area contributed by atoms with Gasteiger partial charge in [-0.15, -0.1) is 0 Å². The van der Waals surface area contributed by atoms with Gasteiger partial charge in [-0.3, -0.25) is 9.59 Å². The van der Waals surface area contributed by atoms with E-state index in [1.807, 2.05) is 79.7 Å². The Morgan fingerprint density at radius 3 is 2.49 bits per heavy atom. The third-order valence-corrected chi connectivity index (χ3v) is 6.77. The number of fused-ring (bicyclic) bond motifs is 1. The summed E-state index contributed by atoms with van der Waals surface area (Å²) in [5.41, 5.74) is 4.30. The minimum absolute atomic E-state index is 0.0550. The molecular formula is C30H28N2O5. The number of likely N-dealkylation sites (tertiary alicyclic amines) is 1. The Bertz CT molecular complexity index is 1490. The Hall–Kier alpha value is -4.36. The first-order valence-corrected chi connectivity index (χ1v) is 12.1. The van der Waals surface area contributed by atoms with Gasteiger partial charge in [0.05, 0.1) is 18.2 Å². The third-order valence-electron chi connectivity index (χ3n) is 6.77. The lowest BCUT2D eigenvalue weighted by molar-refractivity contribution is -0.140. The van der Waals surface area contributed by atoms with Gasteiger partial charge < -0.3 is 24.5 Å². The SMILES string of the molecule is COCCN1C(=O)C(=O)/C(=C(\O)c2c[nH]c3ccccc23)C1c1ccc(OCc2ccccc2C)cc1. The molecular weight excluding hydrogens is 468 g/mol. The zero-order valence-electron chi connectivity index (χ0n) is 20.7. The molecule has 0 bridgehead atoms. The van der Waals surface area contributed by atoms with Crippen molar-refractivity contribution in [1.29, 1.82) is 0 Å². The Morgan fingerprint density at radius 1 is 1.00 bits per heavy atom. The highest BCUT2D eigenvalue weighted by Gasteiger charge is 2.46. The predicted octanol–water partition coefficient (Wildman–Crippen LogP) is 5.12. The number of amides is 1. The van der Waals surface area contributed by atoms with Crippen molar-refractivity contribution in [3.63, 3.8) is 0 Å². The average Bonchev–Trinajstić information content (AvgIpc) is 3.46. The predicted molar refractivity (Wildman–Crippen MR) is 141 cm³/mol. The summed E-state index contributed by atoms with van der Waals surface area (Å²) in [6.07, 6.45) is 1.65. The monoisotopic (exact) mass is 496 g/mol. The maximum absolute atomic E-state index is 13.2. The summed E-state index contributed by atoms with van der Waals surface area (Å²) in [7, 11) is 1.54. The standard InChI is InChI=1S/C30H28N2O5/c1-19-7-3-4-8-21(19)18-37-22-13-11-20(12-14-22)27-26(29(34)30(35)32(27)15-16-36-2)28(33)24-17-31-25-10-6-5-9-23(24)25/h3-14,17,27,31,33H,15-16,18H2,1-2H3/b28-26-. The number of hydrogen-bond donors (Lipinski definition) is 2. The molecule has 1 aromatic heterocycles. The van der Waals surface area contributed by atoms with Crippen LogP contribution in [0.1, 0.15) is 28.3 Å². The van der Waals surface area contributed by atoms with Crippen molar-refractivity contribution in [2.75, 3.05) is 20.3 Å². The summed E-state index contributed by atoms with van der Waals surface area (Å²) >= 11 is 0. The smallest absolute Gasteiger partial charge is 0.295 e. The van der Waals surface area contributed by atoms with Gasteiger partial charge in [-0.05, 0) is 41.8 Å². The number of carbonyl (C=O) groups is 2. The molecule has 1 unspecified atom stereocenters. The van der Waals surface area contributed by atoms with Crippen LogP contribution < -0.4 is 4.74 Å². The number of H-pyrrole nitrogens is 1. The second-order valence-electron chi connectivity index (χ2n) is 9.02. The second-order valence-corrected chi connectivity index (χ2v) is 9.02. The van der Waals surface area contributed by atoms with Crippen LogP contribution in [0.5, 0.6) is 5.75 Å². The number of nitrogens with one attached hydrogen (secondary N) is 1. The molecule has 0 saturated carbocycles. The first kappa shape index (κ1) is 24.3. The van der Waals surface area contributed by atoms with Gasteiger partial charge in [0.1, 0.15) is 18.1 Å². The Morgan fingerprint density at radius 2 is 1.73 bits per heavy atom. The fourth-order valence-corrected chi connectivity index (χ4v) is 4.74. The van der Waals surface area contributed by atoms with E-state index in [0.29, 0.717) is 23.5 Å². The minimum atomic E-state index is -0.755. The topological polar surface area (TPSA) is 91.9 Å². The van der Waals surface area contributed by atoms with Gasteiger partial charge in [0.25, 0.3) is 11.7 Å². The molecule has 0 spiro atoms. The number of para-hydroxylation sites is 1. The normalized spacial score (nSPS) is 17.0. The Kier molecular flexibility index (Phi) is 6.79. The molecule has 188 valence electrons. The number of aliphatic hydroxyl groups is 1. The van der Waals surface area contributed by atoms with Crippen LogP contribution in [0.15, 0.2) is 84.6 Å². The van der Waals surface area contributed by atoms with Gasteiger partial charge in [-0.25, -0.2) is 0 Å². The van der Waals surface area contributed by atoms with Crippen LogP contribution in [0.4, 0.5) is 0 Å². The highest BCUT2D eigenvalue weighted by Crippen LogP contribution is 2.40. The van der Waals surface area contributed by atoms with Gasteiger partial charge in [-0.1, -0.05) is 54.6 Å². The number of hydrogen-bond acceptors (Lipinski definition) is 5. The van der Waals surface area contributed by atoms with Crippen LogP contribution >= 0.6 is 0 Å². The number of benzene rings is 3. The number of nitrogens with zero attached hydrogens (tertiary/aromatic N) is 1. The van der Waals surface area contributed by atoms with Gasteiger partial charge >= 0.3 is 0 Å². The largest absolute Gasteiger partial charge is 0.507 e. The van der Waals surface area contributed by atoms with E-state index in [4.69, 9.17) is 9.47 Å². The first-order valence-electron chi connectivity index (χ1n) is 12.1. The summed E-state index contributed by atoms with van der Waals surface area (Å²) in [4.78, 5) is 30.8. The molecule has 3 aromatic carbocycles. The lowest BCUT2D eigenvalue weighted by Crippen LogP contribution is -2.32. The van der Waals surface area contributed by atoms with E-state index < -0.39 is 17.7 Å². The first-order chi connectivity index (χ1) is 18.0. The van der Waals surface area contributed by atoms with E-state index in [9.17, 15) is 14.7 Å². The summed E-state index contributed by atoms with van der Waals surface area (Å²) in [5.74, 6) is -0.926. The number of ketones is 1. The summed E-state index contributed by atoms with van der Waals surface area (Å²) < 4.78 is 11.2. The van der Waals surface area contributed by atoms with Crippen LogP contribution in [0, 0.1) is 6.92 Å². The molecule has 5 rings (SSSR count). The van der Waals surface area contributed by atoms with E-state index in [-0.39, 0.29) is 24.5 Å². The van der Waals surface area contributed by atoms with E-state index in [1.165, 1.54) is 12.0 Å². The van der Waals surface area contributed by atoms with E-state index in [1.54, 1.807) is 6.20 Å². The number of aromatic amines is 1. The molecule has 4 aromatic rings. The second kappa shape index (κ2) is 10.3. The lowest BCUT2D eigenvalue weighted by atomic mass is 9.95. The van der Waals surface area contributed by atoms with Crippen molar-refractivity contribution in [2.45, 2.75) is 19.6 Å². The number of Topliss-reactive ketones (excluding diaryl/α,β-unsaturated/α-hetero) is 1. The summed E-state index contributed by atoms with van der Waals surface area (Å²) in [6.45, 7) is 2.94. The van der Waals surface area contributed by atoms with Crippen LogP contribution in [0.2, 0.25) is 0 Å². The molecule has 0 radical (unpaired) electrons. The van der Waals surface area contributed by atoms with Crippen LogP contribution in [0.25, 0.3) is 16.7 Å². The van der Waals surface area contributed by atoms with Crippen molar-refractivity contribution in [1.82, 2.24) is 9.88 Å². The molecule has 7 nitrogen and oxygen atoms in total. The van der Waals surface area contributed by atoms with Crippen molar-refractivity contribution >= 4 is 28.4 Å². The number of ether oxygens (including phenoxy) is 2. The van der Waals surface area contributed by atoms with Crippen LogP contribution in [-0.4, -0.2) is 46.9 Å². The molecule has 7 heteroatoms. The number of aromatic nitrogens is 1. The van der Waals surface area contributed by atoms with Crippen molar-refractivity contribution in [3.8, 4) is 5.75 Å². The van der Waals surface area contributed by atoms with Gasteiger partial charge in [0.2, 0.25) is 0 Å². The van der Waals surface area contributed by atoms with Crippen LogP contribution in [-0.2, 0) is 20.9 Å². The number of aryl methyl sites for hydroxylation is 1. The highest BCUT2D eigenvalue weighted by molar-refractivity contribution is 6.46. The molecule has 1 aliphatic heterocycles. The Labute approximate surface area is 214 Å². The molecule has 1 saturated heterocycles. The summed E-state index contributed by atoms with van der Waals surface area (Å²) in [6, 6.07) is 22.0. The number of aliphatic hydroxyl groups excluding tert-OH is 1. The fourth-order valence-electron chi connectivity index (χ4n) is 4.74. The Balaban J connectivity index is 1.51. The molecule has 0 aliphatic carbocycles. The zero-order chi connectivity index (χ0) is 25.9. The quantitative estimate of drug-likeness (QED) is 0.201. The van der Waals surface area contributed by atoms with E-state index in [2.05, 4.69) is 4.98 Å². The fraction of sp³-hybridized carbons (Fsp3) is 0.200. The van der Waals surface area contributed by atoms with Crippen molar-refractivity contribution < 1.29 is 24.2 Å². The summed E-state index contributed by atoms with van der Waals surface area (Å²) in [5, 5.41) is 12.1. The molecule has 1 atom stereocenters. The average molecular weight is 497 g/mol. The van der Waals surface area contributed by atoms with Crippen LogP contribution in [0.3, 0.4) is 0 Å². The van der Waals surface area contributed by atoms with Gasteiger partial charge in [0, 0.05) is 36.3 Å². The third kappa shape index (κ3) is 4.61. The number of methoxy groups -OCH3 is 1. The highest BCUT2D eigenvalue weighted by atomic mass is 16.5. The number of rotatable bonds is 8. The molecule has 2 N–H and O–H groups in total. The molecule has 1 amide bonds. The van der Waals surface area contributed by atoms with Crippen molar-refractivity contribution in [2.24, 2.45) is 0 Å². The van der Waals surface area contributed by atoms with Gasteiger partial charge in [0.15, 0.2) is 0 Å². The maximum Gasteiger partial charge on any atom is 0.295 e. The number of carbonyl (C=O) groups excluding carboxylic acids is 2. The molecule has 2 heterocycles. The maximum atomic E-state index is 13.2. The molecule has 1 fully saturated rings. The molecule has 37 heavy (non-hydrogen) atoms. The van der Waals surface area contributed by atoms with E-state index in [0.717, 1.165) is 22.0 Å². The lowest BCUT2D eigenvalue weighted by Gasteiger charge is -2.25. The van der Waals surface area contributed by atoms with Crippen molar-refractivity contribution in [3.05, 3.63) is 107 Å². The van der Waals surface area contributed by atoms with E-state index >= 15 is 0 Å². The minimum Gasteiger partial charge on any atom is -0.507 e. The molecule has 1 aliphatic rings. The zero-order valence-corrected chi connectivity index (χ0v) is 20.7. The van der Waals surface area contributed by atoms with Gasteiger partial charge in [-0.2, -0.15) is 0 Å².